The lowest BCUT2D eigenvalue weighted by molar-refractivity contribution is 0.482. The number of anilines is 1. The highest BCUT2D eigenvalue weighted by atomic mass is 32.2. The Kier molecular flexibility index (Phi) is 5.48. The highest BCUT2D eigenvalue weighted by Gasteiger charge is 1.98. The van der Waals surface area contributed by atoms with Gasteiger partial charge in [-0.25, -0.2) is 0 Å². The van der Waals surface area contributed by atoms with Gasteiger partial charge in [0.1, 0.15) is 11.5 Å². The molecule has 2 N–H and O–H groups in total. The normalized spacial score (nSPS) is 10.4. The first-order chi connectivity index (χ1) is 9.28. The second-order valence-corrected chi connectivity index (χ2v) is 6.59. The van der Waals surface area contributed by atoms with E-state index in [-0.39, 0.29) is 0 Å². The van der Waals surface area contributed by atoms with Gasteiger partial charge in [0.2, 0.25) is 0 Å². The van der Waals surface area contributed by atoms with Gasteiger partial charge >= 0.3 is 0 Å². The summed E-state index contributed by atoms with van der Waals surface area (Å²) >= 11 is 3.78. The molecular weight excluding hydrogens is 274 g/mol. The summed E-state index contributed by atoms with van der Waals surface area (Å²) in [6.45, 7) is 2.18. The number of hydrogen-bond acceptors (Lipinski definition) is 4. The van der Waals surface area contributed by atoms with E-state index in [0.717, 1.165) is 28.0 Å². The minimum atomic E-state index is 0.743. The summed E-state index contributed by atoms with van der Waals surface area (Å²) in [5, 5.41) is 1.09. The number of benzene rings is 2. The number of rotatable bonds is 6. The summed E-state index contributed by atoms with van der Waals surface area (Å²) in [5.41, 5.74) is 6.38. The third-order valence-corrected chi connectivity index (χ3v) is 4.60. The Morgan fingerprint density at radius 2 is 1.53 bits per heavy atom. The largest absolute Gasteiger partial charge is 0.457 e. The predicted molar refractivity (Wildman–Crippen MR) is 86.2 cm³/mol. The van der Waals surface area contributed by atoms with Crippen LogP contribution in [0.1, 0.15) is 6.92 Å². The van der Waals surface area contributed by atoms with Crippen molar-refractivity contribution in [2.45, 2.75) is 11.8 Å². The Labute approximate surface area is 122 Å². The molecule has 4 heteroatoms. The third kappa shape index (κ3) is 4.73. The van der Waals surface area contributed by atoms with Gasteiger partial charge in [0.25, 0.3) is 0 Å². The predicted octanol–water partition coefficient (Wildman–Crippen LogP) is 4.86. The Balaban J connectivity index is 1.92. The van der Waals surface area contributed by atoms with Gasteiger partial charge in [0.15, 0.2) is 0 Å². The molecule has 2 rings (SSSR count). The maximum absolute atomic E-state index is 5.74. The zero-order valence-electron chi connectivity index (χ0n) is 10.8. The first-order valence-electron chi connectivity index (χ1n) is 6.12. The summed E-state index contributed by atoms with van der Waals surface area (Å²) < 4.78 is 5.74. The Bertz CT molecular complexity index is 497. The van der Waals surface area contributed by atoms with Crippen molar-refractivity contribution >= 4 is 29.2 Å². The summed E-state index contributed by atoms with van der Waals surface area (Å²) in [5.74, 6) is 2.80. The van der Waals surface area contributed by atoms with Gasteiger partial charge in [0, 0.05) is 15.7 Å². The number of nitrogens with two attached hydrogens (primary N) is 1. The Morgan fingerprint density at radius 3 is 2.11 bits per heavy atom. The van der Waals surface area contributed by atoms with E-state index in [2.05, 4.69) is 19.1 Å². The van der Waals surface area contributed by atoms with Gasteiger partial charge in [-0.1, -0.05) is 6.92 Å². The molecule has 2 nitrogen and oxygen atoms in total. The first kappa shape index (κ1) is 14.2. The second kappa shape index (κ2) is 7.36. The summed E-state index contributed by atoms with van der Waals surface area (Å²) in [6, 6.07) is 15.6. The molecule has 2 aromatic rings. The maximum atomic E-state index is 5.74. The monoisotopic (exact) mass is 291 g/mol. The van der Waals surface area contributed by atoms with E-state index < -0.39 is 0 Å². The van der Waals surface area contributed by atoms with Gasteiger partial charge in [-0.2, -0.15) is 11.8 Å². The van der Waals surface area contributed by atoms with Crippen LogP contribution < -0.4 is 10.5 Å². The van der Waals surface area contributed by atoms with Gasteiger partial charge < -0.3 is 10.5 Å². The third-order valence-electron chi connectivity index (χ3n) is 2.45. The van der Waals surface area contributed by atoms with Gasteiger partial charge in [0.05, 0.1) is 0 Å². The number of thioether (sulfide) groups is 2. The van der Waals surface area contributed by atoms with Crippen LogP contribution in [0.15, 0.2) is 53.4 Å². The number of hydrogen-bond donors (Lipinski definition) is 1. The smallest absolute Gasteiger partial charge is 0.127 e. The topological polar surface area (TPSA) is 35.2 Å². The molecule has 0 saturated heterocycles. The molecule has 2 aromatic carbocycles. The molecule has 0 saturated carbocycles. The fourth-order valence-electron chi connectivity index (χ4n) is 1.47. The van der Waals surface area contributed by atoms with E-state index in [1.807, 2.05) is 59.9 Å². The molecule has 0 aliphatic carbocycles. The quantitative estimate of drug-likeness (QED) is 0.357. The number of nitrogen functional groups attached to an aromatic ring is 1. The highest BCUT2D eigenvalue weighted by molar-refractivity contribution is 8.16. The molecule has 0 fully saturated rings. The van der Waals surface area contributed by atoms with Crippen molar-refractivity contribution in [3.05, 3.63) is 48.5 Å². The zero-order valence-corrected chi connectivity index (χ0v) is 12.5. The number of ether oxygens (including phenoxy) is 1. The molecule has 0 atom stereocenters. The minimum absolute atomic E-state index is 0.743. The molecule has 0 bridgehead atoms. The average Bonchev–Trinajstić information content (AvgIpc) is 2.44. The van der Waals surface area contributed by atoms with Gasteiger partial charge in [-0.3, -0.25) is 0 Å². The fraction of sp³-hybridized carbons (Fsp3) is 0.200. The van der Waals surface area contributed by atoms with Crippen molar-refractivity contribution in [2.75, 3.05) is 16.6 Å². The molecule has 0 aliphatic rings. The lowest BCUT2D eigenvalue weighted by Gasteiger charge is -2.07. The van der Waals surface area contributed by atoms with Crippen molar-refractivity contribution in [1.29, 1.82) is 0 Å². The van der Waals surface area contributed by atoms with Crippen LogP contribution in [0.3, 0.4) is 0 Å². The molecular formula is C15H17NOS2. The van der Waals surface area contributed by atoms with E-state index in [1.54, 1.807) is 0 Å². The summed E-state index contributed by atoms with van der Waals surface area (Å²) in [7, 11) is 0. The van der Waals surface area contributed by atoms with Crippen LogP contribution in [-0.2, 0) is 0 Å². The van der Waals surface area contributed by atoms with Crippen LogP contribution in [0.5, 0.6) is 11.5 Å². The molecule has 0 heterocycles. The molecule has 19 heavy (non-hydrogen) atoms. The van der Waals surface area contributed by atoms with E-state index >= 15 is 0 Å². The molecule has 0 unspecified atom stereocenters. The van der Waals surface area contributed by atoms with E-state index in [0.29, 0.717) is 0 Å². The Hall–Kier alpha value is -1.26. The van der Waals surface area contributed by atoms with E-state index in [1.165, 1.54) is 4.90 Å². The lowest BCUT2D eigenvalue weighted by Crippen LogP contribution is -1.86. The van der Waals surface area contributed by atoms with Crippen LogP contribution in [0.25, 0.3) is 0 Å². The maximum Gasteiger partial charge on any atom is 0.127 e. The average molecular weight is 291 g/mol. The first-order valence-corrected chi connectivity index (χ1v) is 8.26. The molecule has 0 radical (unpaired) electrons. The molecule has 0 aromatic heterocycles. The molecule has 0 aliphatic heterocycles. The van der Waals surface area contributed by atoms with Crippen LogP contribution in [0.2, 0.25) is 0 Å². The Morgan fingerprint density at radius 1 is 0.947 bits per heavy atom. The summed E-state index contributed by atoms with van der Waals surface area (Å²) in [6.07, 6.45) is 0. The zero-order chi connectivity index (χ0) is 13.5. The van der Waals surface area contributed by atoms with Crippen LogP contribution in [-0.4, -0.2) is 10.8 Å². The second-order valence-electron chi connectivity index (χ2n) is 3.90. The van der Waals surface area contributed by atoms with Crippen LogP contribution in [0, 0.1) is 0 Å². The molecule has 100 valence electrons. The van der Waals surface area contributed by atoms with Gasteiger partial charge in [-0.05, 0) is 54.3 Å². The molecule has 0 amide bonds. The van der Waals surface area contributed by atoms with Crippen molar-refractivity contribution in [3.8, 4) is 11.5 Å². The fourth-order valence-corrected chi connectivity index (χ4v) is 3.34. The van der Waals surface area contributed by atoms with Gasteiger partial charge in [-0.15, -0.1) is 11.8 Å². The van der Waals surface area contributed by atoms with E-state index in [9.17, 15) is 0 Å². The van der Waals surface area contributed by atoms with Crippen molar-refractivity contribution in [1.82, 2.24) is 0 Å². The highest BCUT2D eigenvalue weighted by Crippen LogP contribution is 2.27. The van der Waals surface area contributed by atoms with Crippen LogP contribution >= 0.6 is 23.5 Å². The standard InChI is InChI=1S/C15H17NOS2/c1-2-18-11-19-15-9-7-14(8-10-15)17-13-5-3-12(16)4-6-13/h3-10H,2,11,16H2,1H3. The summed E-state index contributed by atoms with van der Waals surface area (Å²) in [4.78, 5) is 1.27. The van der Waals surface area contributed by atoms with Crippen molar-refractivity contribution < 1.29 is 4.74 Å². The van der Waals surface area contributed by atoms with Crippen molar-refractivity contribution in [2.24, 2.45) is 0 Å². The minimum Gasteiger partial charge on any atom is -0.457 e. The van der Waals surface area contributed by atoms with E-state index in [4.69, 9.17) is 10.5 Å². The van der Waals surface area contributed by atoms with Crippen molar-refractivity contribution in [3.63, 3.8) is 0 Å². The SMILES string of the molecule is CCSCSc1ccc(Oc2ccc(N)cc2)cc1. The lowest BCUT2D eigenvalue weighted by atomic mass is 10.3. The van der Waals surface area contributed by atoms with Crippen LogP contribution in [0.4, 0.5) is 5.69 Å². The molecule has 0 spiro atoms.